The third-order valence-corrected chi connectivity index (χ3v) is 3.52. The first-order chi connectivity index (χ1) is 8.63. The van der Waals surface area contributed by atoms with Crippen molar-refractivity contribution in [3.63, 3.8) is 0 Å². The highest BCUT2D eigenvalue weighted by atomic mass is 16.1. The van der Waals surface area contributed by atoms with Crippen molar-refractivity contribution >= 4 is 5.91 Å². The molecule has 4 nitrogen and oxygen atoms in total. The summed E-state index contributed by atoms with van der Waals surface area (Å²) in [7, 11) is 0. The lowest BCUT2D eigenvalue weighted by Crippen LogP contribution is -2.41. The lowest BCUT2D eigenvalue weighted by Gasteiger charge is -2.30. The van der Waals surface area contributed by atoms with Gasteiger partial charge in [0.1, 0.15) is 0 Å². The molecule has 1 saturated heterocycles. The molecule has 102 valence electrons. The second kappa shape index (κ2) is 8.10. The maximum atomic E-state index is 11.9. The van der Waals surface area contributed by atoms with E-state index in [2.05, 4.69) is 30.1 Å². The SMILES string of the molecule is CC(C)CCNC(=O)C1CCN(CCC#N)CC1. The predicted molar refractivity (Wildman–Crippen MR) is 71.9 cm³/mol. The molecule has 0 spiro atoms. The molecular formula is C14H25N3O. The fraction of sp³-hybridized carbons (Fsp3) is 0.857. The molecule has 1 amide bonds. The Bertz CT molecular complexity index is 288. The van der Waals surface area contributed by atoms with Crippen LogP contribution in [-0.4, -0.2) is 37.0 Å². The Labute approximate surface area is 110 Å². The number of nitrogens with one attached hydrogen (secondary N) is 1. The Morgan fingerprint density at radius 1 is 1.44 bits per heavy atom. The highest BCUT2D eigenvalue weighted by Gasteiger charge is 2.24. The first kappa shape index (κ1) is 15.0. The molecule has 18 heavy (non-hydrogen) atoms. The van der Waals surface area contributed by atoms with Crippen molar-refractivity contribution in [1.82, 2.24) is 10.2 Å². The van der Waals surface area contributed by atoms with Gasteiger partial charge in [0.25, 0.3) is 0 Å². The van der Waals surface area contributed by atoms with Gasteiger partial charge < -0.3 is 10.2 Å². The van der Waals surface area contributed by atoms with Crippen LogP contribution in [0.4, 0.5) is 0 Å². The molecule has 1 rings (SSSR count). The van der Waals surface area contributed by atoms with Gasteiger partial charge in [-0.25, -0.2) is 0 Å². The normalized spacial score (nSPS) is 17.7. The zero-order chi connectivity index (χ0) is 13.4. The first-order valence-corrected chi connectivity index (χ1v) is 7.00. The maximum Gasteiger partial charge on any atom is 0.223 e. The number of hydrogen-bond acceptors (Lipinski definition) is 3. The van der Waals surface area contributed by atoms with E-state index in [9.17, 15) is 4.79 Å². The standard InChI is InChI=1S/C14H25N3O/c1-12(2)4-8-16-14(18)13-5-10-17(11-6-13)9-3-7-15/h12-13H,3-6,8-11H2,1-2H3,(H,16,18). The van der Waals surface area contributed by atoms with Crippen molar-refractivity contribution in [3.8, 4) is 6.07 Å². The summed E-state index contributed by atoms with van der Waals surface area (Å²) < 4.78 is 0. The third-order valence-electron chi connectivity index (χ3n) is 3.52. The van der Waals surface area contributed by atoms with Crippen LogP contribution in [0.5, 0.6) is 0 Å². The van der Waals surface area contributed by atoms with Crippen LogP contribution in [0.3, 0.4) is 0 Å². The summed E-state index contributed by atoms with van der Waals surface area (Å²) in [5, 5.41) is 11.6. The molecule has 0 aromatic heterocycles. The molecule has 1 fully saturated rings. The third kappa shape index (κ3) is 5.50. The summed E-state index contributed by atoms with van der Waals surface area (Å²) >= 11 is 0. The van der Waals surface area contributed by atoms with Crippen LogP contribution >= 0.6 is 0 Å². The largest absolute Gasteiger partial charge is 0.356 e. The molecule has 1 heterocycles. The number of nitriles is 1. The van der Waals surface area contributed by atoms with E-state index in [-0.39, 0.29) is 11.8 Å². The number of carbonyl (C=O) groups excluding carboxylic acids is 1. The van der Waals surface area contributed by atoms with Gasteiger partial charge in [-0.1, -0.05) is 13.8 Å². The van der Waals surface area contributed by atoms with Crippen LogP contribution in [0, 0.1) is 23.2 Å². The van der Waals surface area contributed by atoms with Gasteiger partial charge in [0, 0.05) is 25.4 Å². The topological polar surface area (TPSA) is 56.1 Å². The first-order valence-electron chi connectivity index (χ1n) is 7.00. The zero-order valence-corrected chi connectivity index (χ0v) is 11.6. The van der Waals surface area contributed by atoms with E-state index < -0.39 is 0 Å². The van der Waals surface area contributed by atoms with Gasteiger partial charge in [0.15, 0.2) is 0 Å². The van der Waals surface area contributed by atoms with Gasteiger partial charge in [-0.15, -0.1) is 0 Å². The van der Waals surface area contributed by atoms with Gasteiger partial charge in [0.05, 0.1) is 6.07 Å². The summed E-state index contributed by atoms with van der Waals surface area (Å²) in [6.07, 6.45) is 3.50. The molecule has 1 aliphatic rings. The Kier molecular flexibility index (Phi) is 6.74. The molecular weight excluding hydrogens is 226 g/mol. The van der Waals surface area contributed by atoms with Crippen molar-refractivity contribution in [2.24, 2.45) is 11.8 Å². The molecule has 1 N–H and O–H groups in total. The molecule has 0 saturated carbocycles. The van der Waals surface area contributed by atoms with Crippen LogP contribution in [-0.2, 0) is 4.79 Å². The van der Waals surface area contributed by atoms with Crippen molar-refractivity contribution < 1.29 is 4.79 Å². The van der Waals surface area contributed by atoms with Crippen LogP contribution in [0.25, 0.3) is 0 Å². The second-order valence-electron chi connectivity index (χ2n) is 5.50. The summed E-state index contributed by atoms with van der Waals surface area (Å²) in [6, 6.07) is 2.17. The van der Waals surface area contributed by atoms with Crippen molar-refractivity contribution in [3.05, 3.63) is 0 Å². The second-order valence-corrected chi connectivity index (χ2v) is 5.50. The van der Waals surface area contributed by atoms with Crippen LogP contribution in [0.1, 0.15) is 39.5 Å². The molecule has 4 heteroatoms. The summed E-state index contributed by atoms with van der Waals surface area (Å²) in [4.78, 5) is 14.2. The Morgan fingerprint density at radius 2 is 2.11 bits per heavy atom. The maximum absolute atomic E-state index is 11.9. The van der Waals surface area contributed by atoms with Crippen molar-refractivity contribution in [2.75, 3.05) is 26.2 Å². The van der Waals surface area contributed by atoms with Gasteiger partial charge in [0.2, 0.25) is 5.91 Å². The number of amides is 1. The average Bonchev–Trinajstić information content (AvgIpc) is 2.36. The summed E-state index contributed by atoms with van der Waals surface area (Å²) in [6.45, 7) is 7.87. The minimum atomic E-state index is 0.176. The highest BCUT2D eigenvalue weighted by molar-refractivity contribution is 5.78. The zero-order valence-electron chi connectivity index (χ0n) is 11.6. The van der Waals surface area contributed by atoms with Gasteiger partial charge >= 0.3 is 0 Å². The van der Waals surface area contributed by atoms with Gasteiger partial charge in [-0.3, -0.25) is 4.79 Å². The van der Waals surface area contributed by atoms with Crippen LogP contribution in [0.2, 0.25) is 0 Å². The number of piperidine rings is 1. The molecule has 0 aromatic carbocycles. The number of likely N-dealkylation sites (tertiary alicyclic amines) is 1. The Balaban J connectivity index is 2.17. The van der Waals surface area contributed by atoms with Gasteiger partial charge in [-0.05, 0) is 38.3 Å². The summed E-state index contributed by atoms with van der Waals surface area (Å²) in [5.74, 6) is 1.03. The smallest absolute Gasteiger partial charge is 0.223 e. The lowest BCUT2D eigenvalue weighted by atomic mass is 9.95. The lowest BCUT2D eigenvalue weighted by molar-refractivity contribution is -0.126. The van der Waals surface area contributed by atoms with Crippen molar-refractivity contribution in [1.29, 1.82) is 5.26 Å². The van der Waals surface area contributed by atoms with E-state index in [1.807, 2.05) is 0 Å². The number of nitrogens with zero attached hydrogens (tertiary/aromatic N) is 2. The number of carbonyl (C=O) groups is 1. The molecule has 0 aliphatic carbocycles. The van der Waals surface area contributed by atoms with E-state index in [0.29, 0.717) is 12.3 Å². The molecule has 0 bridgehead atoms. The number of hydrogen-bond donors (Lipinski definition) is 1. The van der Waals surface area contributed by atoms with E-state index in [1.54, 1.807) is 0 Å². The highest BCUT2D eigenvalue weighted by Crippen LogP contribution is 2.17. The van der Waals surface area contributed by atoms with Crippen LogP contribution in [0.15, 0.2) is 0 Å². The van der Waals surface area contributed by atoms with Gasteiger partial charge in [-0.2, -0.15) is 5.26 Å². The van der Waals surface area contributed by atoms with E-state index >= 15 is 0 Å². The average molecular weight is 251 g/mol. The molecule has 0 atom stereocenters. The van der Waals surface area contributed by atoms with E-state index in [4.69, 9.17) is 5.26 Å². The Morgan fingerprint density at radius 3 is 2.67 bits per heavy atom. The van der Waals surface area contributed by atoms with E-state index in [0.717, 1.165) is 45.4 Å². The van der Waals surface area contributed by atoms with Crippen LogP contribution < -0.4 is 5.32 Å². The molecule has 0 radical (unpaired) electrons. The minimum absolute atomic E-state index is 0.176. The van der Waals surface area contributed by atoms with Crippen molar-refractivity contribution in [2.45, 2.75) is 39.5 Å². The molecule has 1 aliphatic heterocycles. The predicted octanol–water partition coefficient (Wildman–Crippen LogP) is 1.77. The number of rotatable bonds is 6. The molecule has 0 aromatic rings. The fourth-order valence-corrected chi connectivity index (χ4v) is 2.26. The monoisotopic (exact) mass is 251 g/mol. The van der Waals surface area contributed by atoms with E-state index in [1.165, 1.54) is 0 Å². The quantitative estimate of drug-likeness (QED) is 0.783. The summed E-state index contributed by atoms with van der Waals surface area (Å²) in [5.41, 5.74) is 0. The Hall–Kier alpha value is -1.08. The molecule has 0 unspecified atom stereocenters. The minimum Gasteiger partial charge on any atom is -0.356 e. The fourth-order valence-electron chi connectivity index (χ4n) is 2.26.